The van der Waals surface area contributed by atoms with Crippen molar-refractivity contribution < 1.29 is 44.3 Å². The Labute approximate surface area is 200 Å². The number of rotatable bonds is 5. The molecule has 1 aliphatic carbocycles. The highest BCUT2D eigenvalue weighted by atomic mass is 19.3. The van der Waals surface area contributed by atoms with E-state index in [4.69, 9.17) is 0 Å². The zero-order chi connectivity index (χ0) is 26.4. The van der Waals surface area contributed by atoms with Crippen molar-refractivity contribution in [1.29, 1.82) is 0 Å². The molecule has 1 saturated carbocycles. The van der Waals surface area contributed by atoms with Crippen molar-refractivity contribution in [3.05, 3.63) is 88.2 Å². The van der Waals surface area contributed by atoms with E-state index in [-0.39, 0.29) is 23.6 Å². The maximum Gasteiger partial charge on any atom is 0.432 e. The van der Waals surface area contributed by atoms with Gasteiger partial charge in [-0.15, -0.1) is 0 Å². The number of alkyl halides is 2. The van der Waals surface area contributed by atoms with Gasteiger partial charge in [0.05, 0.1) is 0 Å². The Hall–Kier alpha value is -3.17. The standard InChI is InChI=1S/C26H19F9O/c1-12-2-4-13(5-3-12)16-6-7-17(24(32)23(16)31)14-8-18(27)22(19(28)9-14)26(34,35)36-15-10-20(29)25(33)21(30)11-15/h6-13H,2-5H2,1H3. The molecule has 0 atom stereocenters. The van der Waals surface area contributed by atoms with Gasteiger partial charge < -0.3 is 4.74 Å². The molecule has 1 fully saturated rings. The number of halogens is 9. The zero-order valence-corrected chi connectivity index (χ0v) is 18.8. The second-order valence-electron chi connectivity index (χ2n) is 8.92. The molecule has 1 nitrogen and oxygen atoms in total. The third-order valence-corrected chi connectivity index (χ3v) is 6.42. The summed E-state index contributed by atoms with van der Waals surface area (Å²) in [4.78, 5) is 0. The Morgan fingerprint density at radius 2 is 1.25 bits per heavy atom. The Morgan fingerprint density at radius 1 is 0.694 bits per heavy atom. The molecule has 0 saturated heterocycles. The van der Waals surface area contributed by atoms with Crippen molar-refractivity contribution in [1.82, 2.24) is 0 Å². The number of ether oxygens (including phenoxy) is 1. The van der Waals surface area contributed by atoms with Gasteiger partial charge in [-0.1, -0.05) is 31.9 Å². The average molecular weight is 518 g/mol. The molecule has 0 aliphatic heterocycles. The quantitative estimate of drug-likeness (QED) is 0.242. The number of hydrogen-bond donors (Lipinski definition) is 0. The molecule has 1 aliphatic rings. The van der Waals surface area contributed by atoms with E-state index in [1.165, 1.54) is 6.07 Å². The summed E-state index contributed by atoms with van der Waals surface area (Å²) in [6, 6.07) is 3.31. The molecular formula is C26H19F9O. The Balaban J connectivity index is 1.66. The van der Waals surface area contributed by atoms with Crippen LogP contribution in [-0.2, 0) is 6.11 Å². The Kier molecular flexibility index (Phi) is 6.99. The maximum atomic E-state index is 14.9. The SMILES string of the molecule is CC1CCC(c2ccc(-c3cc(F)c(C(F)(F)Oc4cc(F)c(F)c(F)c4)c(F)c3)c(F)c2F)CC1. The summed E-state index contributed by atoms with van der Waals surface area (Å²) in [5, 5.41) is 0. The lowest BCUT2D eigenvalue weighted by atomic mass is 9.79. The van der Waals surface area contributed by atoms with Crippen LogP contribution in [0.25, 0.3) is 11.1 Å². The van der Waals surface area contributed by atoms with Gasteiger partial charge in [-0.3, -0.25) is 0 Å². The summed E-state index contributed by atoms with van der Waals surface area (Å²) in [6.45, 7) is 2.06. The third-order valence-electron chi connectivity index (χ3n) is 6.42. The predicted molar refractivity (Wildman–Crippen MR) is 113 cm³/mol. The molecule has 3 aromatic rings. The second-order valence-corrected chi connectivity index (χ2v) is 8.92. The van der Waals surface area contributed by atoms with Gasteiger partial charge in [0, 0.05) is 17.7 Å². The van der Waals surface area contributed by atoms with Gasteiger partial charge in [0.1, 0.15) is 22.9 Å². The fraction of sp³-hybridized carbons (Fsp3) is 0.308. The molecular weight excluding hydrogens is 499 g/mol. The smallest absolute Gasteiger partial charge is 0.429 e. The van der Waals surface area contributed by atoms with E-state index in [2.05, 4.69) is 11.7 Å². The van der Waals surface area contributed by atoms with Gasteiger partial charge in [-0.05, 0) is 47.9 Å². The summed E-state index contributed by atoms with van der Waals surface area (Å²) >= 11 is 0. The molecule has 3 aromatic carbocycles. The van der Waals surface area contributed by atoms with E-state index in [1.54, 1.807) is 0 Å². The van der Waals surface area contributed by atoms with Crippen LogP contribution in [0.2, 0.25) is 0 Å². The lowest BCUT2D eigenvalue weighted by molar-refractivity contribution is -0.189. The molecule has 0 heterocycles. The average Bonchev–Trinajstić information content (AvgIpc) is 2.79. The highest BCUT2D eigenvalue weighted by Crippen LogP contribution is 2.41. The molecule has 10 heteroatoms. The summed E-state index contributed by atoms with van der Waals surface area (Å²) in [7, 11) is 0. The van der Waals surface area contributed by atoms with Gasteiger partial charge >= 0.3 is 6.11 Å². The number of benzene rings is 3. The van der Waals surface area contributed by atoms with Crippen molar-refractivity contribution in [2.24, 2.45) is 5.92 Å². The van der Waals surface area contributed by atoms with E-state index >= 15 is 0 Å². The van der Waals surface area contributed by atoms with Crippen LogP contribution in [0, 0.1) is 46.6 Å². The first-order valence-corrected chi connectivity index (χ1v) is 11.1. The topological polar surface area (TPSA) is 9.23 Å². The van der Waals surface area contributed by atoms with E-state index in [0.717, 1.165) is 18.9 Å². The normalized spacial score (nSPS) is 18.4. The molecule has 0 N–H and O–H groups in total. The van der Waals surface area contributed by atoms with E-state index < -0.39 is 69.3 Å². The molecule has 36 heavy (non-hydrogen) atoms. The first-order valence-electron chi connectivity index (χ1n) is 11.1. The van der Waals surface area contributed by atoms with Crippen LogP contribution in [-0.4, -0.2) is 0 Å². The summed E-state index contributed by atoms with van der Waals surface area (Å²) in [5.41, 5.74) is -2.90. The Morgan fingerprint density at radius 3 is 1.81 bits per heavy atom. The van der Waals surface area contributed by atoms with Crippen LogP contribution >= 0.6 is 0 Å². The van der Waals surface area contributed by atoms with Gasteiger partial charge in [-0.2, -0.15) is 8.78 Å². The third kappa shape index (κ3) is 4.90. The first kappa shape index (κ1) is 25.9. The van der Waals surface area contributed by atoms with Crippen molar-refractivity contribution in [3.8, 4) is 16.9 Å². The molecule has 0 bridgehead atoms. The van der Waals surface area contributed by atoms with Crippen molar-refractivity contribution >= 4 is 0 Å². The first-order chi connectivity index (χ1) is 16.9. The predicted octanol–water partition coefficient (Wildman–Crippen LogP) is 8.75. The van der Waals surface area contributed by atoms with Gasteiger partial charge in [-0.25, -0.2) is 30.7 Å². The minimum Gasteiger partial charge on any atom is -0.429 e. The van der Waals surface area contributed by atoms with Crippen molar-refractivity contribution in [2.75, 3.05) is 0 Å². The molecule has 0 spiro atoms. The monoisotopic (exact) mass is 518 g/mol. The largest absolute Gasteiger partial charge is 0.432 e. The molecule has 192 valence electrons. The maximum absolute atomic E-state index is 14.9. The van der Waals surface area contributed by atoms with Crippen LogP contribution in [0.3, 0.4) is 0 Å². The summed E-state index contributed by atoms with van der Waals surface area (Å²) in [6.07, 6.45) is -1.79. The highest BCUT2D eigenvalue weighted by Gasteiger charge is 2.42. The van der Waals surface area contributed by atoms with Crippen LogP contribution < -0.4 is 4.74 Å². The fourth-order valence-corrected chi connectivity index (χ4v) is 4.47. The molecule has 4 rings (SSSR count). The van der Waals surface area contributed by atoms with Crippen LogP contribution in [0.5, 0.6) is 5.75 Å². The minimum atomic E-state index is -4.80. The second kappa shape index (κ2) is 9.71. The molecule has 0 unspecified atom stereocenters. The molecule has 0 aromatic heterocycles. The lowest BCUT2D eigenvalue weighted by Crippen LogP contribution is -2.25. The number of hydrogen-bond acceptors (Lipinski definition) is 1. The van der Waals surface area contributed by atoms with Crippen LogP contribution in [0.1, 0.15) is 49.7 Å². The molecule has 0 amide bonds. The Bertz CT molecular complexity index is 1250. The van der Waals surface area contributed by atoms with E-state index in [1.807, 2.05) is 0 Å². The van der Waals surface area contributed by atoms with Crippen LogP contribution in [0.15, 0.2) is 36.4 Å². The van der Waals surface area contributed by atoms with Crippen molar-refractivity contribution in [2.45, 2.75) is 44.6 Å². The zero-order valence-electron chi connectivity index (χ0n) is 18.8. The summed E-state index contributed by atoms with van der Waals surface area (Å²) < 4.78 is 132. The summed E-state index contributed by atoms with van der Waals surface area (Å²) in [5.74, 6) is -13.0. The van der Waals surface area contributed by atoms with Gasteiger partial charge in [0.15, 0.2) is 29.1 Å². The molecule has 0 radical (unpaired) electrons. The van der Waals surface area contributed by atoms with E-state index in [0.29, 0.717) is 30.9 Å². The van der Waals surface area contributed by atoms with Gasteiger partial charge in [0.2, 0.25) is 0 Å². The highest BCUT2D eigenvalue weighted by molar-refractivity contribution is 5.66. The lowest BCUT2D eigenvalue weighted by Gasteiger charge is -2.27. The minimum absolute atomic E-state index is 0.0726. The van der Waals surface area contributed by atoms with Crippen molar-refractivity contribution in [3.63, 3.8) is 0 Å². The van der Waals surface area contributed by atoms with Crippen LogP contribution in [0.4, 0.5) is 39.5 Å². The fourth-order valence-electron chi connectivity index (χ4n) is 4.47. The van der Waals surface area contributed by atoms with E-state index in [9.17, 15) is 39.5 Å². The van der Waals surface area contributed by atoms with Gasteiger partial charge in [0.25, 0.3) is 0 Å².